The molecular weight excluding hydrogens is 418 g/mol. The van der Waals surface area contributed by atoms with Crippen LogP contribution in [0.4, 0.5) is 14.5 Å². The van der Waals surface area contributed by atoms with Crippen molar-refractivity contribution >= 4 is 40.6 Å². The van der Waals surface area contributed by atoms with Crippen LogP contribution in [0.25, 0.3) is 0 Å². The molecule has 3 unspecified atom stereocenters. The number of anilines is 1. The third-order valence-electron chi connectivity index (χ3n) is 5.14. The predicted molar refractivity (Wildman–Crippen MR) is 105 cm³/mol. The predicted octanol–water partition coefficient (Wildman–Crippen LogP) is 3.51. The van der Waals surface area contributed by atoms with E-state index in [1.807, 2.05) is 0 Å². The average molecular weight is 430 g/mol. The first kappa shape index (κ1) is 18.3. The van der Waals surface area contributed by atoms with Gasteiger partial charge >= 0.3 is 4.87 Å². The van der Waals surface area contributed by atoms with Crippen LogP contribution in [0.1, 0.15) is 16.4 Å². The lowest BCUT2D eigenvalue weighted by molar-refractivity contribution is -0.122. The number of carbonyl (C=O) groups excluding carboxylic acids is 2. The molecule has 3 heterocycles. The quantitative estimate of drug-likeness (QED) is 0.632. The molecule has 2 aliphatic heterocycles. The Morgan fingerprint density at radius 2 is 1.48 bits per heavy atom. The van der Waals surface area contributed by atoms with Gasteiger partial charge < -0.3 is 4.98 Å². The van der Waals surface area contributed by atoms with Crippen LogP contribution in [0.5, 0.6) is 0 Å². The molecule has 0 saturated carbocycles. The van der Waals surface area contributed by atoms with Crippen LogP contribution in [0.2, 0.25) is 0 Å². The highest BCUT2D eigenvalue weighted by molar-refractivity contribution is 8.00. The second kappa shape index (κ2) is 6.64. The Labute approximate surface area is 171 Å². The molecule has 2 aliphatic rings. The summed E-state index contributed by atoms with van der Waals surface area (Å²) < 4.78 is 26.8. The topological polar surface area (TPSA) is 70.2 Å². The summed E-state index contributed by atoms with van der Waals surface area (Å²) in [6.07, 6.45) is 0. The van der Waals surface area contributed by atoms with Crippen molar-refractivity contribution in [3.8, 4) is 0 Å². The molecule has 29 heavy (non-hydrogen) atoms. The number of thiazole rings is 1. The third kappa shape index (κ3) is 2.84. The van der Waals surface area contributed by atoms with Gasteiger partial charge in [-0.1, -0.05) is 35.2 Å². The number of imide groups is 1. The molecule has 1 aromatic heterocycles. The average Bonchev–Trinajstić information content (AvgIpc) is 3.19. The summed E-state index contributed by atoms with van der Waals surface area (Å²) >= 11 is 2.15. The zero-order valence-corrected chi connectivity index (χ0v) is 16.2. The number of rotatable bonds is 2. The summed E-state index contributed by atoms with van der Waals surface area (Å²) in [7, 11) is 0. The van der Waals surface area contributed by atoms with Gasteiger partial charge in [0.2, 0.25) is 11.8 Å². The number of amides is 2. The van der Waals surface area contributed by atoms with Crippen molar-refractivity contribution in [2.24, 2.45) is 5.92 Å². The molecule has 1 fully saturated rings. The van der Waals surface area contributed by atoms with Gasteiger partial charge in [0.15, 0.2) is 0 Å². The first-order valence-corrected chi connectivity index (χ1v) is 10.4. The van der Waals surface area contributed by atoms with Crippen molar-refractivity contribution < 1.29 is 18.4 Å². The number of H-pyrrole nitrogens is 1. The molecule has 1 N–H and O–H groups in total. The molecule has 3 aromatic rings. The van der Waals surface area contributed by atoms with E-state index in [-0.39, 0.29) is 4.87 Å². The van der Waals surface area contributed by atoms with Gasteiger partial charge in [-0.2, -0.15) is 0 Å². The van der Waals surface area contributed by atoms with Gasteiger partial charge in [0, 0.05) is 10.8 Å². The lowest BCUT2D eigenvalue weighted by Crippen LogP contribution is -2.32. The number of carbonyl (C=O) groups is 2. The summed E-state index contributed by atoms with van der Waals surface area (Å²) in [5.41, 5.74) is 0.950. The van der Waals surface area contributed by atoms with E-state index >= 15 is 0 Å². The van der Waals surface area contributed by atoms with Crippen molar-refractivity contribution in [3.63, 3.8) is 0 Å². The first-order valence-electron chi connectivity index (χ1n) is 8.72. The Hall–Kier alpha value is -2.78. The summed E-state index contributed by atoms with van der Waals surface area (Å²) in [6.45, 7) is 0. The minimum Gasteiger partial charge on any atom is -0.307 e. The molecule has 0 radical (unpaired) electrons. The molecule has 0 spiro atoms. The number of hydrogen-bond donors (Lipinski definition) is 1. The fourth-order valence-corrected chi connectivity index (χ4v) is 6.41. The fraction of sp³-hybridized carbons (Fsp3) is 0.150. The van der Waals surface area contributed by atoms with E-state index in [2.05, 4.69) is 4.98 Å². The van der Waals surface area contributed by atoms with Crippen LogP contribution < -0.4 is 9.77 Å². The second-order valence-corrected chi connectivity index (χ2v) is 8.96. The standard InChI is InChI=1S/C20H12F2N2O3S2/c21-10-3-1-9(2-4-10)13-14-16(28-17-15(13)29-20(27)23-17)19(26)24(18(14)25)12-7-5-11(22)6-8-12/h1-8,13-14,16H,(H,23,27). The normalized spacial score (nSPS) is 23.2. The number of fused-ring (bicyclic) bond motifs is 2. The van der Waals surface area contributed by atoms with E-state index in [4.69, 9.17) is 0 Å². The molecule has 1 saturated heterocycles. The fourth-order valence-electron chi connectivity index (χ4n) is 3.89. The van der Waals surface area contributed by atoms with Crippen LogP contribution >= 0.6 is 23.1 Å². The molecule has 3 atom stereocenters. The van der Waals surface area contributed by atoms with Gasteiger partial charge in [-0.25, -0.2) is 13.7 Å². The lowest BCUT2D eigenvalue weighted by atomic mass is 9.83. The maximum Gasteiger partial charge on any atom is 0.305 e. The molecule has 2 amide bonds. The zero-order chi connectivity index (χ0) is 20.3. The Kier molecular flexibility index (Phi) is 4.18. The van der Waals surface area contributed by atoms with Crippen LogP contribution in [-0.4, -0.2) is 22.0 Å². The summed E-state index contributed by atoms with van der Waals surface area (Å²) in [5, 5.41) is -0.182. The monoisotopic (exact) mass is 430 g/mol. The van der Waals surface area contributed by atoms with Gasteiger partial charge in [-0.15, -0.1) is 0 Å². The molecule has 9 heteroatoms. The largest absolute Gasteiger partial charge is 0.307 e. The minimum atomic E-state index is -0.748. The Bertz CT molecular complexity index is 1190. The number of aromatic nitrogens is 1. The third-order valence-corrected chi connectivity index (χ3v) is 7.54. The molecule has 2 aromatic carbocycles. The lowest BCUT2D eigenvalue weighted by Gasteiger charge is -2.29. The summed E-state index contributed by atoms with van der Waals surface area (Å²) in [5.74, 6) is -3.02. The van der Waals surface area contributed by atoms with Gasteiger partial charge in [0.1, 0.15) is 16.9 Å². The van der Waals surface area contributed by atoms with E-state index in [0.29, 0.717) is 21.2 Å². The summed E-state index contributed by atoms with van der Waals surface area (Å²) in [4.78, 5) is 42.6. The SMILES string of the molecule is O=C1C2Sc3[nH]c(=O)sc3C(c3ccc(F)cc3)C2C(=O)N1c1ccc(F)cc1. The zero-order valence-electron chi connectivity index (χ0n) is 14.6. The van der Waals surface area contributed by atoms with Gasteiger partial charge in [-0.05, 0) is 42.0 Å². The highest BCUT2D eigenvalue weighted by Crippen LogP contribution is 2.53. The van der Waals surface area contributed by atoms with Crippen LogP contribution in [-0.2, 0) is 9.59 Å². The maximum atomic E-state index is 13.5. The first-order chi connectivity index (χ1) is 13.9. The number of nitrogens with zero attached hydrogens (tertiary/aromatic N) is 1. The molecule has 5 rings (SSSR count). The number of nitrogens with one attached hydrogen (secondary N) is 1. The molecule has 146 valence electrons. The van der Waals surface area contributed by atoms with Crippen molar-refractivity contribution in [1.82, 2.24) is 4.98 Å². The van der Waals surface area contributed by atoms with E-state index in [0.717, 1.165) is 28.0 Å². The maximum absolute atomic E-state index is 13.5. The highest BCUT2D eigenvalue weighted by Gasteiger charge is 2.56. The van der Waals surface area contributed by atoms with Gasteiger partial charge in [-0.3, -0.25) is 14.4 Å². The van der Waals surface area contributed by atoms with Gasteiger partial charge in [0.25, 0.3) is 0 Å². The molecular formula is C20H12F2N2O3S2. The minimum absolute atomic E-state index is 0.273. The smallest absolute Gasteiger partial charge is 0.305 e. The van der Waals surface area contributed by atoms with E-state index in [1.54, 1.807) is 12.1 Å². The summed E-state index contributed by atoms with van der Waals surface area (Å²) in [6, 6.07) is 10.9. The Morgan fingerprint density at radius 3 is 2.14 bits per heavy atom. The van der Waals surface area contributed by atoms with Crippen molar-refractivity contribution in [1.29, 1.82) is 0 Å². The van der Waals surface area contributed by atoms with Crippen LogP contribution in [0.15, 0.2) is 58.4 Å². The number of benzene rings is 2. The van der Waals surface area contributed by atoms with E-state index in [9.17, 15) is 23.2 Å². The Balaban J connectivity index is 1.64. The number of aromatic amines is 1. The molecule has 5 nitrogen and oxygen atoms in total. The Morgan fingerprint density at radius 1 is 0.862 bits per heavy atom. The molecule has 0 bridgehead atoms. The van der Waals surface area contributed by atoms with E-state index in [1.165, 1.54) is 36.4 Å². The van der Waals surface area contributed by atoms with Crippen LogP contribution in [0.3, 0.4) is 0 Å². The van der Waals surface area contributed by atoms with Crippen molar-refractivity contribution in [2.75, 3.05) is 4.90 Å². The highest BCUT2D eigenvalue weighted by atomic mass is 32.2. The number of hydrogen-bond acceptors (Lipinski definition) is 5. The number of thioether (sulfide) groups is 1. The van der Waals surface area contributed by atoms with Crippen molar-refractivity contribution in [2.45, 2.75) is 16.2 Å². The van der Waals surface area contributed by atoms with Crippen LogP contribution in [0, 0.1) is 17.6 Å². The molecule has 0 aliphatic carbocycles. The van der Waals surface area contributed by atoms with Crippen molar-refractivity contribution in [3.05, 3.63) is 80.3 Å². The second-order valence-electron chi connectivity index (χ2n) is 6.79. The van der Waals surface area contributed by atoms with Gasteiger partial charge in [0.05, 0.1) is 16.6 Å². The number of halogens is 2. The van der Waals surface area contributed by atoms with E-state index < -0.39 is 40.5 Å².